The fraction of sp³-hybridized carbons (Fsp3) is 0.167. The van der Waals surface area contributed by atoms with Gasteiger partial charge >= 0.3 is 0 Å². The molecule has 1 aromatic carbocycles. The topological polar surface area (TPSA) is 26.0 Å². The van der Waals surface area contributed by atoms with E-state index >= 15 is 0 Å². The third kappa shape index (κ3) is 4.86. The number of hydrogen-bond acceptors (Lipinski definition) is 1. The highest BCUT2D eigenvalue weighted by molar-refractivity contribution is 5.60. The van der Waals surface area contributed by atoms with Gasteiger partial charge in [0.1, 0.15) is 0 Å². The van der Waals surface area contributed by atoms with E-state index in [1.165, 1.54) is 5.56 Å². The van der Waals surface area contributed by atoms with Crippen LogP contribution in [0.5, 0.6) is 0 Å². The average Bonchev–Trinajstić information content (AvgIpc) is 2.08. The van der Waals surface area contributed by atoms with Crippen molar-refractivity contribution in [2.75, 3.05) is 0 Å². The summed E-state index contributed by atoms with van der Waals surface area (Å²) in [5.74, 6) is 0. The van der Waals surface area contributed by atoms with E-state index in [4.69, 9.17) is 5.73 Å². The summed E-state index contributed by atoms with van der Waals surface area (Å²) in [7, 11) is 0. The maximum absolute atomic E-state index is 5.49. The summed E-state index contributed by atoms with van der Waals surface area (Å²) < 4.78 is 0. The first-order chi connectivity index (χ1) is 5.70. The average molecular weight is 177 g/mol. The monoisotopic (exact) mass is 177 g/mol. The molecule has 1 nitrogen and oxygen atoms in total. The molecule has 1 rings (SSSR count). The molecule has 2 N–H and O–H groups in total. The van der Waals surface area contributed by atoms with Crippen LogP contribution < -0.4 is 5.73 Å². The molecule has 0 bridgehead atoms. The molecule has 0 amide bonds. The van der Waals surface area contributed by atoms with Gasteiger partial charge in [-0.3, -0.25) is 0 Å². The van der Waals surface area contributed by atoms with Gasteiger partial charge in [-0.1, -0.05) is 37.8 Å². The van der Waals surface area contributed by atoms with Crippen molar-refractivity contribution in [3.05, 3.63) is 55.1 Å². The fourth-order valence-electron chi connectivity index (χ4n) is 0.845. The zero-order chi connectivity index (χ0) is 9.56. The molecule has 13 heavy (non-hydrogen) atoms. The van der Waals surface area contributed by atoms with E-state index in [1.807, 2.05) is 31.2 Å². The Hall–Kier alpha value is -1.50. The van der Waals surface area contributed by atoms with Gasteiger partial charge in [0.15, 0.2) is 0 Å². The molecule has 0 aliphatic carbocycles. The molecule has 1 heteroatoms. The van der Waals surface area contributed by atoms with Crippen LogP contribution in [0.25, 0.3) is 5.70 Å². The number of rotatable bonds is 1. The Morgan fingerprint density at radius 2 is 1.85 bits per heavy atom. The van der Waals surface area contributed by atoms with Gasteiger partial charge in [-0.25, -0.2) is 0 Å². The van der Waals surface area contributed by atoms with Crippen LogP contribution in [0, 0.1) is 6.92 Å². The van der Waals surface area contributed by atoms with Crippen molar-refractivity contribution in [1.29, 1.82) is 0 Å². The summed E-state index contributed by atoms with van der Waals surface area (Å²) in [5, 5.41) is 0. The maximum Gasteiger partial charge on any atom is 0.0314 e. The predicted molar refractivity (Wildman–Crippen MR) is 62.4 cm³/mol. The van der Waals surface area contributed by atoms with Crippen LogP contribution in [-0.2, 0) is 0 Å². The molecule has 0 unspecified atom stereocenters. The zero-order valence-electron chi connectivity index (χ0n) is 7.51. The summed E-state index contributed by atoms with van der Waals surface area (Å²) in [4.78, 5) is 0. The van der Waals surface area contributed by atoms with E-state index in [0.717, 1.165) is 5.56 Å². The Morgan fingerprint density at radius 3 is 2.15 bits per heavy atom. The SMILES string of the molecule is C.C=C.C=C(N)c1cccc(C)c1. The van der Waals surface area contributed by atoms with Crippen LogP contribution >= 0.6 is 0 Å². The molecule has 0 atom stereocenters. The van der Waals surface area contributed by atoms with E-state index in [0.29, 0.717) is 5.70 Å². The standard InChI is InChI=1S/C9H11N.C2H4.CH4/c1-7-4-3-5-9(6-7)8(2)10;1-2;/h3-6H,2,10H2,1H3;1-2H2;1H4. The molecule has 0 heterocycles. The smallest absolute Gasteiger partial charge is 0.0314 e. The Morgan fingerprint density at radius 1 is 1.31 bits per heavy atom. The van der Waals surface area contributed by atoms with Gasteiger partial charge in [0, 0.05) is 5.70 Å². The van der Waals surface area contributed by atoms with E-state index in [-0.39, 0.29) is 7.43 Å². The first-order valence-electron chi connectivity index (χ1n) is 3.71. The summed E-state index contributed by atoms with van der Waals surface area (Å²) in [6.07, 6.45) is 0. The third-order valence-corrected chi connectivity index (χ3v) is 1.39. The molecule has 0 spiro atoms. The van der Waals surface area contributed by atoms with Gasteiger partial charge in [-0.2, -0.15) is 0 Å². The minimum Gasteiger partial charge on any atom is -0.399 e. The highest BCUT2D eigenvalue weighted by Crippen LogP contribution is 2.08. The van der Waals surface area contributed by atoms with Crippen molar-refractivity contribution in [3.63, 3.8) is 0 Å². The van der Waals surface area contributed by atoms with Crippen molar-refractivity contribution in [2.45, 2.75) is 14.4 Å². The Balaban J connectivity index is 0. The van der Waals surface area contributed by atoms with E-state index in [2.05, 4.69) is 19.7 Å². The lowest BCUT2D eigenvalue weighted by atomic mass is 10.1. The largest absolute Gasteiger partial charge is 0.399 e. The summed E-state index contributed by atoms with van der Waals surface area (Å²) in [5.41, 5.74) is 8.34. The van der Waals surface area contributed by atoms with Crippen molar-refractivity contribution < 1.29 is 0 Å². The van der Waals surface area contributed by atoms with Crippen molar-refractivity contribution in [3.8, 4) is 0 Å². The molecule has 72 valence electrons. The van der Waals surface area contributed by atoms with Crippen LogP contribution in [0.3, 0.4) is 0 Å². The lowest BCUT2D eigenvalue weighted by Gasteiger charge is -1.98. The minimum atomic E-state index is 0. The molecule has 0 aliphatic rings. The second-order valence-corrected chi connectivity index (χ2v) is 2.39. The number of hydrogen-bond donors (Lipinski definition) is 1. The number of aryl methyl sites for hydroxylation is 1. The molecule has 0 saturated heterocycles. The van der Waals surface area contributed by atoms with Gasteiger partial charge < -0.3 is 5.73 Å². The van der Waals surface area contributed by atoms with Crippen molar-refractivity contribution >= 4 is 5.70 Å². The third-order valence-electron chi connectivity index (χ3n) is 1.39. The van der Waals surface area contributed by atoms with Crippen LogP contribution in [0.1, 0.15) is 18.6 Å². The molecule has 0 aliphatic heterocycles. The summed E-state index contributed by atoms with van der Waals surface area (Å²) in [6.45, 7) is 11.7. The van der Waals surface area contributed by atoms with E-state index in [9.17, 15) is 0 Å². The summed E-state index contributed by atoms with van der Waals surface area (Å²) in [6, 6.07) is 7.98. The van der Waals surface area contributed by atoms with Crippen LogP contribution in [-0.4, -0.2) is 0 Å². The molecule has 0 aromatic heterocycles. The Bertz CT molecular complexity index is 264. The lowest BCUT2D eigenvalue weighted by molar-refractivity contribution is 1.43. The molecular formula is C12H19N. The van der Waals surface area contributed by atoms with Gasteiger partial charge in [-0.05, 0) is 18.6 Å². The lowest BCUT2D eigenvalue weighted by Crippen LogP contribution is -1.93. The van der Waals surface area contributed by atoms with Gasteiger partial charge in [-0.15, -0.1) is 13.2 Å². The highest BCUT2D eigenvalue weighted by atomic mass is 14.6. The normalized spacial score (nSPS) is 7.46. The Labute approximate surface area is 81.6 Å². The van der Waals surface area contributed by atoms with Crippen LogP contribution in [0.15, 0.2) is 44.0 Å². The first kappa shape index (κ1) is 14.0. The molecule has 1 aromatic rings. The van der Waals surface area contributed by atoms with E-state index in [1.54, 1.807) is 0 Å². The minimum absolute atomic E-state index is 0. The van der Waals surface area contributed by atoms with Crippen LogP contribution in [0.2, 0.25) is 0 Å². The molecule has 0 fully saturated rings. The molecule has 0 radical (unpaired) electrons. The van der Waals surface area contributed by atoms with Crippen LogP contribution in [0.4, 0.5) is 0 Å². The number of benzene rings is 1. The molecular weight excluding hydrogens is 158 g/mol. The van der Waals surface area contributed by atoms with Gasteiger partial charge in [0.2, 0.25) is 0 Å². The van der Waals surface area contributed by atoms with Crippen molar-refractivity contribution in [1.82, 2.24) is 0 Å². The zero-order valence-corrected chi connectivity index (χ0v) is 7.51. The Kier molecular flexibility index (Phi) is 7.74. The first-order valence-corrected chi connectivity index (χ1v) is 3.71. The number of nitrogens with two attached hydrogens (primary N) is 1. The second kappa shape index (κ2) is 7.17. The summed E-state index contributed by atoms with van der Waals surface area (Å²) >= 11 is 0. The van der Waals surface area contributed by atoms with Crippen molar-refractivity contribution in [2.24, 2.45) is 5.73 Å². The highest BCUT2D eigenvalue weighted by Gasteiger charge is 1.91. The fourth-order valence-corrected chi connectivity index (χ4v) is 0.845. The molecule has 0 saturated carbocycles. The quantitative estimate of drug-likeness (QED) is 0.654. The van der Waals surface area contributed by atoms with Gasteiger partial charge in [0.05, 0.1) is 0 Å². The van der Waals surface area contributed by atoms with E-state index < -0.39 is 0 Å². The maximum atomic E-state index is 5.49. The van der Waals surface area contributed by atoms with Gasteiger partial charge in [0.25, 0.3) is 0 Å². The predicted octanol–water partition coefficient (Wildman–Crippen LogP) is 3.36. The second-order valence-electron chi connectivity index (χ2n) is 2.39.